The van der Waals surface area contributed by atoms with Crippen LogP contribution in [-0.2, 0) is 17.7 Å². The summed E-state index contributed by atoms with van der Waals surface area (Å²) in [5, 5.41) is 7.78. The number of nitrogens with zero attached hydrogens (tertiary/aromatic N) is 5. The molecule has 1 aromatic carbocycles. The lowest BCUT2D eigenvalue weighted by atomic mass is 10.1. The molecule has 0 atom stereocenters. The van der Waals surface area contributed by atoms with Gasteiger partial charge in [-0.3, -0.25) is 0 Å². The number of anilines is 2. The van der Waals surface area contributed by atoms with Gasteiger partial charge < -0.3 is 15.0 Å². The number of fused-ring (bicyclic) bond motifs is 1. The molecule has 0 bridgehead atoms. The van der Waals surface area contributed by atoms with Crippen LogP contribution >= 0.6 is 0 Å². The first-order chi connectivity index (χ1) is 12.3. The number of benzene rings is 1. The molecule has 1 fully saturated rings. The Morgan fingerprint density at radius 3 is 2.88 bits per heavy atom. The van der Waals surface area contributed by atoms with E-state index in [1.807, 2.05) is 6.07 Å². The first kappa shape index (κ1) is 15.8. The molecule has 1 N–H and O–H groups in total. The molecule has 0 amide bonds. The molecule has 130 valence electrons. The van der Waals surface area contributed by atoms with E-state index in [2.05, 4.69) is 56.5 Å². The van der Waals surface area contributed by atoms with Crippen LogP contribution in [0.3, 0.4) is 0 Å². The Morgan fingerprint density at radius 2 is 2.04 bits per heavy atom. The van der Waals surface area contributed by atoms with Crippen molar-refractivity contribution in [2.45, 2.75) is 19.9 Å². The Hall–Kier alpha value is -2.67. The van der Waals surface area contributed by atoms with Crippen LogP contribution in [0.5, 0.6) is 0 Å². The normalized spacial score (nSPS) is 14.8. The minimum atomic E-state index is 0.628. The minimum Gasteiger partial charge on any atom is -0.378 e. The van der Waals surface area contributed by atoms with Crippen LogP contribution in [0.4, 0.5) is 11.5 Å². The Labute approximate surface area is 146 Å². The number of hydrogen-bond acceptors (Lipinski definition) is 6. The zero-order valence-corrected chi connectivity index (χ0v) is 14.4. The zero-order valence-electron chi connectivity index (χ0n) is 14.4. The highest BCUT2D eigenvalue weighted by molar-refractivity contribution is 5.55. The number of aryl methyl sites for hydroxylation is 1. The average Bonchev–Trinajstić information content (AvgIpc) is 3.15. The van der Waals surface area contributed by atoms with E-state index in [9.17, 15) is 0 Å². The van der Waals surface area contributed by atoms with E-state index in [0.717, 1.165) is 50.8 Å². The maximum absolute atomic E-state index is 5.47. The fraction of sp³-hybridized carbons (Fsp3) is 0.389. The van der Waals surface area contributed by atoms with Gasteiger partial charge in [0.25, 0.3) is 5.78 Å². The fourth-order valence-corrected chi connectivity index (χ4v) is 3.13. The van der Waals surface area contributed by atoms with Crippen LogP contribution in [0.1, 0.15) is 18.2 Å². The summed E-state index contributed by atoms with van der Waals surface area (Å²) in [7, 11) is 0. The summed E-state index contributed by atoms with van der Waals surface area (Å²) in [6, 6.07) is 10.6. The number of morpholine rings is 1. The molecule has 3 heterocycles. The molecular weight excluding hydrogens is 316 g/mol. The van der Waals surface area contributed by atoms with E-state index in [1.165, 1.54) is 17.6 Å². The predicted octanol–water partition coefficient (Wildman–Crippen LogP) is 2.14. The lowest BCUT2D eigenvalue weighted by Gasteiger charge is -2.30. The minimum absolute atomic E-state index is 0.628. The van der Waals surface area contributed by atoms with E-state index in [1.54, 1.807) is 4.52 Å². The lowest BCUT2D eigenvalue weighted by Crippen LogP contribution is -2.36. The van der Waals surface area contributed by atoms with E-state index < -0.39 is 0 Å². The maximum atomic E-state index is 5.47. The summed E-state index contributed by atoms with van der Waals surface area (Å²) >= 11 is 0. The molecule has 7 nitrogen and oxygen atoms in total. The molecule has 1 aliphatic rings. The largest absolute Gasteiger partial charge is 0.378 e. The highest BCUT2D eigenvalue weighted by atomic mass is 16.5. The van der Waals surface area contributed by atoms with Gasteiger partial charge in [-0.2, -0.15) is 14.6 Å². The van der Waals surface area contributed by atoms with Gasteiger partial charge in [0.1, 0.15) is 12.1 Å². The van der Waals surface area contributed by atoms with Gasteiger partial charge in [0.2, 0.25) is 0 Å². The van der Waals surface area contributed by atoms with Crippen molar-refractivity contribution in [2.75, 3.05) is 36.5 Å². The van der Waals surface area contributed by atoms with Crippen LogP contribution in [0.25, 0.3) is 5.78 Å². The molecule has 2 aromatic heterocycles. The Bertz CT molecular complexity index is 856. The van der Waals surface area contributed by atoms with Crippen LogP contribution in [0.2, 0.25) is 0 Å². The molecule has 0 saturated carbocycles. The fourth-order valence-electron chi connectivity index (χ4n) is 3.13. The molecule has 25 heavy (non-hydrogen) atoms. The third-order valence-corrected chi connectivity index (χ3v) is 4.47. The number of hydrogen-bond donors (Lipinski definition) is 1. The van der Waals surface area contributed by atoms with Crippen LogP contribution < -0.4 is 10.2 Å². The summed E-state index contributed by atoms with van der Waals surface area (Å²) in [6.07, 6.45) is 2.40. The number of aromatic nitrogens is 4. The van der Waals surface area contributed by atoms with Gasteiger partial charge in [0.15, 0.2) is 0 Å². The SMILES string of the molecule is CCc1cc(NCc2ccccc2N2CCOCC2)n2ncnc2n1. The molecule has 0 aliphatic carbocycles. The van der Waals surface area contributed by atoms with Crippen LogP contribution in [0.15, 0.2) is 36.7 Å². The quantitative estimate of drug-likeness (QED) is 0.769. The van der Waals surface area contributed by atoms with Crippen molar-refractivity contribution in [1.82, 2.24) is 19.6 Å². The first-order valence-corrected chi connectivity index (χ1v) is 8.69. The van der Waals surface area contributed by atoms with Gasteiger partial charge in [-0.1, -0.05) is 25.1 Å². The van der Waals surface area contributed by atoms with Crippen molar-refractivity contribution in [2.24, 2.45) is 0 Å². The van der Waals surface area contributed by atoms with Crippen LogP contribution in [0, 0.1) is 0 Å². The van der Waals surface area contributed by atoms with Crippen molar-refractivity contribution >= 4 is 17.3 Å². The van der Waals surface area contributed by atoms with E-state index in [0.29, 0.717) is 5.78 Å². The molecule has 3 aromatic rings. The van der Waals surface area contributed by atoms with E-state index in [-0.39, 0.29) is 0 Å². The van der Waals surface area contributed by atoms with Gasteiger partial charge in [-0.15, -0.1) is 0 Å². The van der Waals surface area contributed by atoms with Crippen molar-refractivity contribution in [3.05, 3.63) is 47.9 Å². The summed E-state index contributed by atoms with van der Waals surface area (Å²) in [5.41, 5.74) is 3.52. The van der Waals surface area contributed by atoms with Crippen molar-refractivity contribution in [3.63, 3.8) is 0 Å². The monoisotopic (exact) mass is 338 g/mol. The highest BCUT2D eigenvalue weighted by Crippen LogP contribution is 2.23. The summed E-state index contributed by atoms with van der Waals surface area (Å²) < 4.78 is 7.22. The third kappa shape index (κ3) is 3.28. The number of para-hydroxylation sites is 1. The smallest absolute Gasteiger partial charge is 0.254 e. The topological polar surface area (TPSA) is 67.6 Å². The van der Waals surface area contributed by atoms with Gasteiger partial charge in [-0.25, -0.2) is 4.98 Å². The van der Waals surface area contributed by atoms with Crippen LogP contribution in [-0.4, -0.2) is 45.9 Å². The van der Waals surface area contributed by atoms with Crippen molar-refractivity contribution < 1.29 is 4.74 Å². The van der Waals surface area contributed by atoms with Crippen molar-refractivity contribution in [3.8, 4) is 0 Å². The third-order valence-electron chi connectivity index (χ3n) is 4.47. The highest BCUT2D eigenvalue weighted by Gasteiger charge is 2.14. The molecule has 1 aliphatic heterocycles. The second-order valence-electron chi connectivity index (χ2n) is 6.04. The van der Waals surface area contributed by atoms with E-state index >= 15 is 0 Å². The second kappa shape index (κ2) is 7.06. The van der Waals surface area contributed by atoms with Gasteiger partial charge in [-0.05, 0) is 18.1 Å². The van der Waals surface area contributed by atoms with E-state index in [4.69, 9.17) is 4.74 Å². The summed E-state index contributed by atoms with van der Waals surface area (Å²) in [5.74, 6) is 1.54. The standard InChI is InChI=1S/C18H22N6O/c1-2-15-11-17(24-18(22-15)20-13-21-24)19-12-14-5-3-4-6-16(14)23-7-9-25-10-8-23/h3-6,11,13,19H,2,7-10,12H2,1H3. The summed E-state index contributed by atoms with van der Waals surface area (Å²) in [4.78, 5) is 11.1. The van der Waals surface area contributed by atoms with Gasteiger partial charge >= 0.3 is 0 Å². The predicted molar refractivity (Wildman–Crippen MR) is 97.0 cm³/mol. The maximum Gasteiger partial charge on any atom is 0.254 e. The molecule has 1 saturated heterocycles. The zero-order chi connectivity index (χ0) is 17.1. The van der Waals surface area contributed by atoms with Crippen molar-refractivity contribution in [1.29, 1.82) is 0 Å². The first-order valence-electron chi connectivity index (χ1n) is 8.69. The Kier molecular flexibility index (Phi) is 4.47. The lowest BCUT2D eigenvalue weighted by molar-refractivity contribution is 0.122. The molecule has 0 spiro atoms. The molecule has 7 heteroatoms. The number of ether oxygens (including phenoxy) is 1. The second-order valence-corrected chi connectivity index (χ2v) is 6.04. The molecule has 0 radical (unpaired) electrons. The average molecular weight is 338 g/mol. The van der Waals surface area contributed by atoms with Gasteiger partial charge in [0.05, 0.1) is 13.2 Å². The summed E-state index contributed by atoms with van der Waals surface area (Å²) in [6.45, 7) is 6.23. The molecular formula is C18H22N6O. The molecule has 0 unspecified atom stereocenters. The molecule has 4 rings (SSSR count). The number of nitrogens with one attached hydrogen (secondary N) is 1. The Morgan fingerprint density at radius 1 is 1.20 bits per heavy atom. The van der Waals surface area contributed by atoms with Gasteiger partial charge in [0, 0.05) is 37.1 Å². The number of rotatable bonds is 5. The Balaban J connectivity index is 1.59.